The van der Waals surface area contributed by atoms with Crippen molar-refractivity contribution in [2.24, 2.45) is 5.73 Å². The molecule has 5 nitrogen and oxygen atoms in total. The maximum absolute atomic E-state index is 12.4. The zero-order valence-corrected chi connectivity index (χ0v) is 14.1. The predicted molar refractivity (Wildman–Crippen MR) is 91.5 cm³/mol. The lowest BCUT2D eigenvalue weighted by Gasteiger charge is -2.38. The van der Waals surface area contributed by atoms with Crippen molar-refractivity contribution in [3.05, 3.63) is 30.3 Å². The number of nitrogens with two attached hydrogens (primary N) is 1. The van der Waals surface area contributed by atoms with E-state index in [0.29, 0.717) is 13.1 Å². The first-order chi connectivity index (χ1) is 10.2. The van der Waals surface area contributed by atoms with Crippen molar-refractivity contribution in [2.45, 2.75) is 25.0 Å². The number of carbonyl (C=O) groups is 1. The van der Waals surface area contributed by atoms with Crippen molar-refractivity contribution < 1.29 is 9.53 Å². The topological polar surface area (TPSA) is 58.8 Å². The molecule has 1 fully saturated rings. The maximum Gasteiger partial charge on any atom is 0.240 e. The molecule has 6 heteroatoms. The summed E-state index contributed by atoms with van der Waals surface area (Å²) in [6, 6.07) is 9.92. The molecule has 1 heterocycles. The number of anilines is 1. The van der Waals surface area contributed by atoms with Crippen molar-refractivity contribution in [3.8, 4) is 0 Å². The molecule has 1 saturated heterocycles. The number of nitrogens with zero attached hydrogens (tertiary/aromatic N) is 2. The Balaban J connectivity index is 0.00000242. The molecule has 1 amide bonds. The molecule has 1 aromatic carbocycles. The number of carbonyl (C=O) groups excluding carboxylic acids is 1. The van der Waals surface area contributed by atoms with Crippen LogP contribution < -0.4 is 10.6 Å². The minimum absolute atomic E-state index is 0. The number of likely N-dealkylation sites (tertiary alicyclic amines) is 1. The minimum atomic E-state index is 0. The molecule has 1 aromatic rings. The number of ether oxygens (including phenoxy) is 1. The van der Waals surface area contributed by atoms with Crippen LogP contribution in [0.5, 0.6) is 0 Å². The van der Waals surface area contributed by atoms with Crippen LogP contribution in [0.1, 0.15) is 12.8 Å². The highest BCUT2D eigenvalue weighted by Crippen LogP contribution is 2.20. The van der Waals surface area contributed by atoms with Gasteiger partial charge in [-0.25, -0.2) is 0 Å². The van der Waals surface area contributed by atoms with Gasteiger partial charge in [0.1, 0.15) is 0 Å². The van der Waals surface area contributed by atoms with E-state index in [0.717, 1.165) is 25.1 Å². The first kappa shape index (κ1) is 18.9. The summed E-state index contributed by atoms with van der Waals surface area (Å²) in [5, 5.41) is 0. The SMILES string of the molecule is COC1CCN(CC(=O)N(C)c2ccccc2)C(CN)C1.Cl. The molecule has 0 aliphatic carbocycles. The van der Waals surface area contributed by atoms with Crippen LogP contribution >= 0.6 is 12.4 Å². The van der Waals surface area contributed by atoms with E-state index in [2.05, 4.69) is 4.90 Å². The third-order valence-electron chi connectivity index (χ3n) is 4.25. The third-order valence-corrected chi connectivity index (χ3v) is 4.25. The van der Waals surface area contributed by atoms with E-state index >= 15 is 0 Å². The van der Waals surface area contributed by atoms with Crippen LogP contribution in [-0.2, 0) is 9.53 Å². The molecule has 0 spiro atoms. The van der Waals surface area contributed by atoms with Gasteiger partial charge >= 0.3 is 0 Å². The number of piperidine rings is 1. The van der Waals surface area contributed by atoms with Gasteiger partial charge in [0.15, 0.2) is 0 Å². The van der Waals surface area contributed by atoms with Gasteiger partial charge in [-0.1, -0.05) is 18.2 Å². The van der Waals surface area contributed by atoms with E-state index in [4.69, 9.17) is 10.5 Å². The summed E-state index contributed by atoms with van der Waals surface area (Å²) in [5.74, 6) is 0.0931. The second kappa shape index (κ2) is 9.10. The summed E-state index contributed by atoms with van der Waals surface area (Å²) in [6.45, 7) is 1.82. The zero-order valence-electron chi connectivity index (χ0n) is 13.3. The Hall–Kier alpha value is -1.14. The van der Waals surface area contributed by atoms with Crippen molar-refractivity contribution in [2.75, 3.05) is 38.7 Å². The zero-order chi connectivity index (χ0) is 15.2. The number of rotatable bonds is 5. The molecule has 0 aromatic heterocycles. The average molecular weight is 328 g/mol. The van der Waals surface area contributed by atoms with E-state index in [-0.39, 0.29) is 30.5 Å². The van der Waals surface area contributed by atoms with Gasteiger partial charge in [0.25, 0.3) is 0 Å². The van der Waals surface area contributed by atoms with Gasteiger partial charge < -0.3 is 15.4 Å². The van der Waals surface area contributed by atoms with Gasteiger partial charge in [0.05, 0.1) is 12.6 Å². The Morgan fingerprint density at radius 2 is 2.09 bits per heavy atom. The summed E-state index contributed by atoms with van der Waals surface area (Å²) in [4.78, 5) is 16.3. The van der Waals surface area contributed by atoms with Gasteiger partial charge in [-0.05, 0) is 25.0 Å². The molecular formula is C16H26ClN3O2. The van der Waals surface area contributed by atoms with Crippen molar-refractivity contribution in [3.63, 3.8) is 0 Å². The Bertz CT molecular complexity index is 458. The first-order valence-electron chi connectivity index (χ1n) is 7.44. The molecule has 124 valence electrons. The van der Waals surface area contributed by atoms with Crippen LogP contribution in [0.3, 0.4) is 0 Å². The molecule has 2 rings (SSSR count). The van der Waals surface area contributed by atoms with E-state index in [1.807, 2.05) is 37.4 Å². The van der Waals surface area contributed by atoms with Crippen molar-refractivity contribution in [1.29, 1.82) is 0 Å². The van der Waals surface area contributed by atoms with Crippen molar-refractivity contribution >= 4 is 24.0 Å². The van der Waals surface area contributed by atoms with Gasteiger partial charge in [-0.15, -0.1) is 12.4 Å². The fraction of sp³-hybridized carbons (Fsp3) is 0.562. The van der Waals surface area contributed by atoms with Gasteiger partial charge in [0.2, 0.25) is 5.91 Å². The molecular weight excluding hydrogens is 302 g/mol. The largest absolute Gasteiger partial charge is 0.381 e. The van der Waals surface area contributed by atoms with E-state index in [1.54, 1.807) is 12.0 Å². The van der Waals surface area contributed by atoms with Crippen LogP contribution in [0.2, 0.25) is 0 Å². The predicted octanol–water partition coefficient (Wildman–Crippen LogP) is 1.51. The summed E-state index contributed by atoms with van der Waals surface area (Å²) < 4.78 is 5.42. The number of benzene rings is 1. The number of hydrogen-bond donors (Lipinski definition) is 1. The molecule has 0 radical (unpaired) electrons. The van der Waals surface area contributed by atoms with Crippen LogP contribution in [0.15, 0.2) is 30.3 Å². The lowest BCUT2D eigenvalue weighted by Crippen LogP contribution is -2.52. The standard InChI is InChI=1S/C16H25N3O2.ClH/c1-18(13-6-4-3-5-7-13)16(20)12-19-9-8-15(21-2)10-14(19)11-17;/h3-7,14-15H,8-12,17H2,1-2H3;1H. The Morgan fingerprint density at radius 1 is 1.41 bits per heavy atom. The smallest absolute Gasteiger partial charge is 0.240 e. The molecule has 1 aliphatic heterocycles. The number of methoxy groups -OCH3 is 1. The van der Waals surface area contributed by atoms with Crippen LogP contribution in [0.4, 0.5) is 5.69 Å². The second-order valence-corrected chi connectivity index (χ2v) is 5.53. The number of likely N-dealkylation sites (N-methyl/N-ethyl adjacent to an activating group) is 1. The first-order valence-corrected chi connectivity index (χ1v) is 7.44. The number of para-hydroxylation sites is 1. The van der Waals surface area contributed by atoms with Crippen molar-refractivity contribution in [1.82, 2.24) is 4.90 Å². The summed E-state index contributed by atoms with van der Waals surface area (Å²) in [6.07, 6.45) is 2.11. The Kier molecular flexibility index (Phi) is 7.82. The highest BCUT2D eigenvalue weighted by Gasteiger charge is 2.29. The Labute approximate surface area is 138 Å². The van der Waals surface area contributed by atoms with Crippen LogP contribution in [-0.4, -0.2) is 56.7 Å². The van der Waals surface area contributed by atoms with Gasteiger partial charge in [-0.2, -0.15) is 0 Å². The van der Waals surface area contributed by atoms with E-state index < -0.39 is 0 Å². The number of halogens is 1. The number of hydrogen-bond acceptors (Lipinski definition) is 4. The molecule has 0 bridgehead atoms. The maximum atomic E-state index is 12.4. The fourth-order valence-electron chi connectivity index (χ4n) is 2.81. The van der Waals surface area contributed by atoms with E-state index in [9.17, 15) is 4.79 Å². The lowest BCUT2D eigenvalue weighted by molar-refractivity contribution is -0.121. The molecule has 2 unspecified atom stereocenters. The third kappa shape index (κ3) is 4.68. The summed E-state index contributed by atoms with van der Waals surface area (Å²) in [7, 11) is 3.55. The number of amides is 1. The molecule has 1 aliphatic rings. The van der Waals surface area contributed by atoms with Gasteiger partial charge in [-0.3, -0.25) is 9.69 Å². The monoisotopic (exact) mass is 327 g/mol. The summed E-state index contributed by atoms with van der Waals surface area (Å²) >= 11 is 0. The minimum Gasteiger partial charge on any atom is -0.381 e. The molecule has 2 atom stereocenters. The quantitative estimate of drug-likeness (QED) is 0.890. The Morgan fingerprint density at radius 3 is 2.68 bits per heavy atom. The molecule has 2 N–H and O–H groups in total. The summed E-state index contributed by atoms with van der Waals surface area (Å²) in [5.41, 5.74) is 6.77. The second-order valence-electron chi connectivity index (χ2n) is 5.53. The highest BCUT2D eigenvalue weighted by atomic mass is 35.5. The molecule has 0 saturated carbocycles. The fourth-order valence-corrected chi connectivity index (χ4v) is 2.81. The molecule has 22 heavy (non-hydrogen) atoms. The van der Waals surface area contributed by atoms with Crippen LogP contribution in [0.25, 0.3) is 0 Å². The average Bonchev–Trinajstić information content (AvgIpc) is 2.55. The van der Waals surface area contributed by atoms with E-state index in [1.165, 1.54) is 0 Å². The normalized spacial score (nSPS) is 22.0. The highest BCUT2D eigenvalue weighted by molar-refractivity contribution is 5.94. The lowest BCUT2D eigenvalue weighted by atomic mass is 9.99. The van der Waals surface area contributed by atoms with Gasteiger partial charge in [0, 0.05) is 39.0 Å². The van der Waals surface area contributed by atoms with Crippen LogP contribution in [0, 0.1) is 0 Å².